The summed E-state index contributed by atoms with van der Waals surface area (Å²) in [7, 11) is 1.50. The summed E-state index contributed by atoms with van der Waals surface area (Å²) in [5.41, 5.74) is -0.0555. The Balaban J connectivity index is 2.17. The van der Waals surface area contributed by atoms with E-state index in [1.807, 2.05) is 0 Å². The van der Waals surface area contributed by atoms with Crippen LogP contribution in [0.3, 0.4) is 0 Å². The number of amides is 1. The van der Waals surface area contributed by atoms with Crippen molar-refractivity contribution < 1.29 is 15.0 Å². The normalized spacial score (nSPS) is 10.7. The predicted molar refractivity (Wildman–Crippen MR) is 86.9 cm³/mol. The van der Waals surface area contributed by atoms with Gasteiger partial charge in [-0.3, -0.25) is 9.59 Å². The largest absolute Gasteiger partial charge is 0.508 e. The van der Waals surface area contributed by atoms with Gasteiger partial charge in [0.15, 0.2) is 0 Å². The molecule has 1 amide bonds. The summed E-state index contributed by atoms with van der Waals surface area (Å²) in [4.78, 5) is 24.8. The molecule has 2 aromatic carbocycles. The SMILES string of the molecule is Cn1c(=O)c(C(=O)Nc2ccccc2)c(O)c2cc(O)ccc21. The Morgan fingerprint density at radius 2 is 1.78 bits per heavy atom. The number of aryl methyl sites for hydroxylation is 1. The minimum atomic E-state index is -0.709. The molecule has 0 saturated heterocycles. The first-order valence-corrected chi connectivity index (χ1v) is 6.90. The van der Waals surface area contributed by atoms with E-state index in [-0.39, 0.29) is 16.7 Å². The van der Waals surface area contributed by atoms with Crippen molar-refractivity contribution in [2.45, 2.75) is 0 Å². The van der Waals surface area contributed by atoms with Crippen LogP contribution < -0.4 is 10.9 Å². The lowest BCUT2D eigenvalue weighted by atomic mass is 10.1. The van der Waals surface area contributed by atoms with Gasteiger partial charge in [-0.1, -0.05) is 18.2 Å². The van der Waals surface area contributed by atoms with Crippen LogP contribution in [0.15, 0.2) is 53.3 Å². The highest BCUT2D eigenvalue weighted by Crippen LogP contribution is 2.29. The van der Waals surface area contributed by atoms with Gasteiger partial charge >= 0.3 is 0 Å². The van der Waals surface area contributed by atoms with Crippen molar-refractivity contribution >= 4 is 22.5 Å². The predicted octanol–water partition coefficient (Wildman–Crippen LogP) is 2.20. The van der Waals surface area contributed by atoms with Crippen LogP contribution in [0.4, 0.5) is 5.69 Å². The highest BCUT2D eigenvalue weighted by atomic mass is 16.3. The van der Waals surface area contributed by atoms with Crippen molar-refractivity contribution in [3.63, 3.8) is 0 Å². The average molecular weight is 310 g/mol. The zero-order valence-electron chi connectivity index (χ0n) is 12.3. The molecular weight excluding hydrogens is 296 g/mol. The molecule has 1 heterocycles. The number of hydrogen-bond acceptors (Lipinski definition) is 4. The number of nitrogens with zero attached hydrogens (tertiary/aromatic N) is 1. The lowest BCUT2D eigenvalue weighted by molar-refractivity contribution is 0.102. The van der Waals surface area contributed by atoms with Gasteiger partial charge in [0.2, 0.25) is 0 Å². The van der Waals surface area contributed by atoms with Gasteiger partial charge in [0.1, 0.15) is 17.1 Å². The van der Waals surface area contributed by atoms with E-state index in [9.17, 15) is 19.8 Å². The van der Waals surface area contributed by atoms with Crippen LogP contribution in [0.25, 0.3) is 10.9 Å². The van der Waals surface area contributed by atoms with E-state index >= 15 is 0 Å². The van der Waals surface area contributed by atoms with Crippen molar-refractivity contribution in [3.05, 3.63) is 64.4 Å². The second-order valence-electron chi connectivity index (χ2n) is 5.11. The molecule has 0 saturated carbocycles. The highest BCUT2D eigenvalue weighted by Gasteiger charge is 2.21. The van der Waals surface area contributed by atoms with Gasteiger partial charge in [-0.25, -0.2) is 0 Å². The molecular formula is C17H14N2O4. The van der Waals surface area contributed by atoms with Crippen LogP contribution in [-0.4, -0.2) is 20.7 Å². The molecule has 3 N–H and O–H groups in total. The number of rotatable bonds is 2. The molecule has 1 aromatic heterocycles. The molecule has 0 bridgehead atoms. The minimum absolute atomic E-state index is 0.0686. The second-order valence-corrected chi connectivity index (χ2v) is 5.11. The second kappa shape index (κ2) is 5.49. The fourth-order valence-corrected chi connectivity index (χ4v) is 2.44. The molecule has 0 radical (unpaired) electrons. The van der Waals surface area contributed by atoms with Gasteiger partial charge in [-0.15, -0.1) is 0 Å². The van der Waals surface area contributed by atoms with Gasteiger partial charge in [0.25, 0.3) is 11.5 Å². The lowest BCUT2D eigenvalue weighted by Gasteiger charge is -2.12. The van der Waals surface area contributed by atoms with Gasteiger partial charge in [0, 0.05) is 18.1 Å². The molecule has 23 heavy (non-hydrogen) atoms. The first-order chi connectivity index (χ1) is 11.0. The van der Waals surface area contributed by atoms with Gasteiger partial charge in [0.05, 0.1) is 5.52 Å². The third kappa shape index (κ3) is 2.50. The van der Waals surface area contributed by atoms with E-state index in [2.05, 4.69) is 5.32 Å². The molecule has 0 aliphatic heterocycles. The van der Waals surface area contributed by atoms with Crippen LogP contribution in [0, 0.1) is 0 Å². The van der Waals surface area contributed by atoms with Crippen LogP contribution in [0.2, 0.25) is 0 Å². The molecule has 0 spiro atoms. The van der Waals surface area contributed by atoms with E-state index in [1.165, 1.54) is 29.8 Å². The zero-order chi connectivity index (χ0) is 16.6. The number of aromatic nitrogens is 1. The molecule has 0 unspecified atom stereocenters. The number of benzene rings is 2. The summed E-state index contributed by atoms with van der Waals surface area (Å²) in [5.74, 6) is -1.23. The molecule has 0 fully saturated rings. The topological polar surface area (TPSA) is 91.6 Å². The summed E-state index contributed by atoms with van der Waals surface area (Å²) in [6.45, 7) is 0. The Kier molecular flexibility index (Phi) is 3.50. The first-order valence-electron chi connectivity index (χ1n) is 6.90. The number of hydrogen-bond donors (Lipinski definition) is 3. The lowest BCUT2D eigenvalue weighted by Crippen LogP contribution is -2.28. The number of phenols is 1. The van der Waals surface area contributed by atoms with Crippen molar-refractivity contribution in [2.75, 3.05) is 5.32 Å². The highest BCUT2D eigenvalue weighted by molar-refractivity contribution is 6.09. The molecule has 3 rings (SSSR count). The number of anilines is 1. The number of para-hydroxylation sites is 1. The van der Waals surface area contributed by atoms with Crippen molar-refractivity contribution in [2.24, 2.45) is 7.05 Å². The maximum Gasteiger partial charge on any atom is 0.267 e. The summed E-state index contributed by atoms with van der Waals surface area (Å²) in [6.07, 6.45) is 0. The number of carbonyl (C=O) groups excluding carboxylic acids is 1. The number of phenolic OH excluding ortho intramolecular Hbond substituents is 1. The van der Waals surface area contributed by atoms with Crippen molar-refractivity contribution in [3.8, 4) is 11.5 Å². The number of pyridine rings is 1. The Labute approximate surface area is 131 Å². The first kappa shape index (κ1) is 14.6. The van der Waals surface area contributed by atoms with Crippen LogP contribution >= 0.6 is 0 Å². The Bertz CT molecular complexity index is 962. The number of fused-ring (bicyclic) bond motifs is 1. The van der Waals surface area contributed by atoms with Gasteiger partial charge < -0.3 is 20.1 Å². The molecule has 6 nitrogen and oxygen atoms in total. The summed E-state index contributed by atoms with van der Waals surface area (Å²) >= 11 is 0. The van der Waals surface area contributed by atoms with Crippen LogP contribution in [0.1, 0.15) is 10.4 Å². The van der Waals surface area contributed by atoms with E-state index < -0.39 is 17.2 Å². The van der Waals surface area contributed by atoms with E-state index in [0.717, 1.165) is 0 Å². The zero-order valence-corrected chi connectivity index (χ0v) is 12.3. The maximum atomic E-state index is 12.4. The fourth-order valence-electron chi connectivity index (χ4n) is 2.44. The van der Waals surface area contributed by atoms with E-state index in [4.69, 9.17) is 0 Å². The monoisotopic (exact) mass is 310 g/mol. The van der Waals surface area contributed by atoms with Crippen LogP contribution in [0.5, 0.6) is 11.5 Å². The Morgan fingerprint density at radius 3 is 2.48 bits per heavy atom. The van der Waals surface area contributed by atoms with E-state index in [1.54, 1.807) is 30.3 Å². The smallest absolute Gasteiger partial charge is 0.267 e. The quantitative estimate of drug-likeness (QED) is 0.676. The van der Waals surface area contributed by atoms with Crippen LogP contribution in [-0.2, 0) is 7.05 Å². The molecule has 6 heteroatoms. The average Bonchev–Trinajstić information content (AvgIpc) is 2.54. The maximum absolute atomic E-state index is 12.4. The summed E-state index contributed by atoms with van der Waals surface area (Å²) in [5, 5.41) is 22.7. The third-order valence-electron chi connectivity index (χ3n) is 3.61. The standard InChI is InChI=1S/C17H14N2O4/c1-19-13-8-7-11(20)9-12(13)15(21)14(17(19)23)16(22)18-10-5-3-2-4-6-10/h2-9,20-21H,1H3,(H,18,22). The van der Waals surface area contributed by atoms with E-state index in [0.29, 0.717) is 11.2 Å². The summed E-state index contributed by atoms with van der Waals surface area (Å²) < 4.78 is 1.26. The molecule has 0 aliphatic carbocycles. The molecule has 0 atom stereocenters. The molecule has 0 aliphatic rings. The van der Waals surface area contributed by atoms with Gasteiger partial charge in [-0.05, 0) is 30.3 Å². The van der Waals surface area contributed by atoms with Crippen molar-refractivity contribution in [1.82, 2.24) is 4.57 Å². The number of aromatic hydroxyl groups is 2. The molecule has 3 aromatic rings. The van der Waals surface area contributed by atoms with Gasteiger partial charge in [-0.2, -0.15) is 0 Å². The fraction of sp³-hybridized carbons (Fsp3) is 0.0588. The Morgan fingerprint density at radius 1 is 1.09 bits per heavy atom. The molecule has 116 valence electrons. The number of carbonyl (C=O) groups is 1. The Hall–Kier alpha value is -3.28. The van der Waals surface area contributed by atoms with Crippen molar-refractivity contribution in [1.29, 1.82) is 0 Å². The minimum Gasteiger partial charge on any atom is -0.508 e. The summed E-state index contributed by atoms with van der Waals surface area (Å²) in [6, 6.07) is 12.8. The number of nitrogens with one attached hydrogen (secondary N) is 1. The third-order valence-corrected chi connectivity index (χ3v) is 3.61.